The van der Waals surface area contributed by atoms with Crippen LogP contribution in [0, 0.1) is 6.92 Å². The Morgan fingerprint density at radius 3 is 2.77 bits per heavy atom. The van der Waals surface area contributed by atoms with E-state index >= 15 is 0 Å². The van der Waals surface area contributed by atoms with Crippen molar-refractivity contribution in [2.45, 2.75) is 33.3 Å². The van der Waals surface area contributed by atoms with Gasteiger partial charge in [-0.15, -0.1) is 5.10 Å². The van der Waals surface area contributed by atoms with Gasteiger partial charge in [-0.05, 0) is 27.2 Å². The summed E-state index contributed by atoms with van der Waals surface area (Å²) in [5.41, 5.74) is 2.26. The van der Waals surface area contributed by atoms with Crippen LogP contribution < -0.4 is 4.74 Å². The summed E-state index contributed by atoms with van der Waals surface area (Å²) in [6, 6.07) is 0. The second kappa shape index (κ2) is 4.65. The maximum Gasteiger partial charge on any atom is 0.236 e. The van der Waals surface area contributed by atoms with Gasteiger partial charge in [0.2, 0.25) is 5.88 Å². The maximum atomic E-state index is 5.56. The van der Waals surface area contributed by atoms with Gasteiger partial charge in [-0.3, -0.25) is 5.10 Å². The molecule has 1 N–H and O–H groups in total. The van der Waals surface area contributed by atoms with Crippen molar-refractivity contribution in [1.29, 1.82) is 0 Å². The van der Waals surface area contributed by atoms with Crippen LogP contribution in [0.5, 0.6) is 5.88 Å². The number of nitrogens with zero attached hydrogens (tertiary/aromatic N) is 1. The third-order valence-electron chi connectivity index (χ3n) is 1.73. The highest BCUT2D eigenvalue weighted by Crippen LogP contribution is 2.20. The van der Waals surface area contributed by atoms with Crippen LogP contribution >= 0.6 is 15.9 Å². The molecule has 0 saturated carbocycles. The molecule has 13 heavy (non-hydrogen) atoms. The van der Waals surface area contributed by atoms with Gasteiger partial charge in [-0.25, -0.2) is 0 Å². The van der Waals surface area contributed by atoms with E-state index in [1.165, 1.54) is 5.56 Å². The second-order valence-corrected chi connectivity index (χ2v) is 4.03. The molecule has 0 fully saturated rings. The first kappa shape index (κ1) is 10.6. The van der Waals surface area contributed by atoms with Crippen molar-refractivity contribution in [3.8, 4) is 5.88 Å². The predicted octanol–water partition coefficient (Wildman–Crippen LogP) is 2.44. The molecular formula is C9H15BrN2O. The average molecular weight is 247 g/mol. The molecule has 0 unspecified atom stereocenters. The molecule has 0 amide bonds. The third-order valence-corrected chi connectivity index (χ3v) is 2.12. The fraction of sp³-hybridized carbons (Fsp3) is 0.667. The Bertz CT molecular complexity index is 271. The molecule has 3 nitrogen and oxygen atoms in total. The van der Waals surface area contributed by atoms with E-state index < -0.39 is 0 Å². The molecule has 0 spiro atoms. The highest BCUT2D eigenvalue weighted by molar-refractivity contribution is 9.09. The van der Waals surface area contributed by atoms with Crippen molar-refractivity contribution in [3.05, 3.63) is 11.3 Å². The maximum absolute atomic E-state index is 5.56. The zero-order chi connectivity index (χ0) is 9.84. The van der Waals surface area contributed by atoms with E-state index in [-0.39, 0.29) is 6.10 Å². The van der Waals surface area contributed by atoms with E-state index in [1.54, 1.807) is 0 Å². The normalized spacial score (nSPS) is 10.8. The van der Waals surface area contributed by atoms with Crippen LogP contribution in [0.3, 0.4) is 0 Å². The summed E-state index contributed by atoms with van der Waals surface area (Å²) in [6.07, 6.45) is 1.13. The van der Waals surface area contributed by atoms with Gasteiger partial charge in [0.1, 0.15) is 0 Å². The molecular weight excluding hydrogens is 232 g/mol. The molecule has 0 aliphatic carbocycles. The van der Waals surface area contributed by atoms with Gasteiger partial charge in [0.25, 0.3) is 0 Å². The minimum atomic E-state index is 0.178. The summed E-state index contributed by atoms with van der Waals surface area (Å²) in [5, 5.41) is 7.97. The van der Waals surface area contributed by atoms with Gasteiger partial charge < -0.3 is 4.74 Å². The molecule has 74 valence electrons. The van der Waals surface area contributed by atoms with Gasteiger partial charge in [0, 0.05) is 16.6 Å². The molecule has 0 aromatic carbocycles. The lowest BCUT2D eigenvalue weighted by Gasteiger charge is -2.08. The number of nitrogens with one attached hydrogen (secondary N) is 1. The quantitative estimate of drug-likeness (QED) is 0.830. The molecule has 0 bridgehead atoms. The fourth-order valence-corrected chi connectivity index (χ4v) is 1.54. The SMILES string of the molecule is Cc1[nH]nc(OC(C)C)c1CCBr. The first-order valence-corrected chi connectivity index (χ1v) is 5.53. The van der Waals surface area contributed by atoms with Crippen molar-refractivity contribution in [2.24, 2.45) is 0 Å². The van der Waals surface area contributed by atoms with Crippen molar-refractivity contribution in [2.75, 3.05) is 5.33 Å². The molecule has 1 rings (SSSR count). The van der Waals surface area contributed by atoms with Gasteiger partial charge in [0.05, 0.1) is 6.10 Å². The topological polar surface area (TPSA) is 37.9 Å². The number of aromatic amines is 1. The van der Waals surface area contributed by atoms with Crippen LogP contribution in [0.25, 0.3) is 0 Å². The smallest absolute Gasteiger partial charge is 0.236 e. The van der Waals surface area contributed by atoms with Crippen LogP contribution in [0.2, 0.25) is 0 Å². The molecule has 1 aromatic heterocycles. The lowest BCUT2D eigenvalue weighted by atomic mass is 10.2. The van der Waals surface area contributed by atoms with Crippen LogP contribution in [-0.2, 0) is 6.42 Å². The summed E-state index contributed by atoms with van der Waals surface area (Å²) in [5.74, 6) is 0.743. The lowest BCUT2D eigenvalue weighted by molar-refractivity contribution is 0.230. The summed E-state index contributed by atoms with van der Waals surface area (Å²) in [6.45, 7) is 6.02. The third kappa shape index (κ3) is 2.72. The van der Waals surface area contributed by atoms with E-state index in [0.29, 0.717) is 0 Å². The number of H-pyrrole nitrogens is 1. The second-order valence-electron chi connectivity index (χ2n) is 3.24. The summed E-state index contributed by atoms with van der Waals surface area (Å²) < 4.78 is 5.56. The first-order valence-electron chi connectivity index (χ1n) is 4.41. The summed E-state index contributed by atoms with van der Waals surface area (Å²) >= 11 is 3.41. The number of hydrogen-bond acceptors (Lipinski definition) is 2. The first-order chi connectivity index (χ1) is 6.15. The molecule has 4 heteroatoms. The Balaban J connectivity index is 2.80. The Morgan fingerprint density at radius 1 is 1.54 bits per heavy atom. The number of ether oxygens (including phenoxy) is 1. The highest BCUT2D eigenvalue weighted by Gasteiger charge is 2.11. The van der Waals surface area contributed by atoms with Crippen LogP contribution in [0.4, 0.5) is 0 Å². The predicted molar refractivity (Wildman–Crippen MR) is 56.6 cm³/mol. The number of aromatic nitrogens is 2. The summed E-state index contributed by atoms with van der Waals surface area (Å²) in [4.78, 5) is 0. The zero-order valence-electron chi connectivity index (χ0n) is 8.22. The minimum Gasteiger partial charge on any atom is -0.474 e. The summed E-state index contributed by atoms with van der Waals surface area (Å²) in [7, 11) is 0. The van der Waals surface area contributed by atoms with Gasteiger partial charge in [0.15, 0.2) is 0 Å². The number of rotatable bonds is 4. The Labute approximate surface area is 87.0 Å². The van der Waals surface area contributed by atoms with Gasteiger partial charge >= 0.3 is 0 Å². The van der Waals surface area contributed by atoms with E-state index in [2.05, 4.69) is 26.1 Å². The Kier molecular flexibility index (Phi) is 3.78. The molecule has 0 radical (unpaired) electrons. The van der Waals surface area contributed by atoms with Crippen molar-refractivity contribution < 1.29 is 4.74 Å². The van der Waals surface area contributed by atoms with Gasteiger partial charge in [-0.1, -0.05) is 15.9 Å². The number of alkyl halides is 1. The Morgan fingerprint density at radius 2 is 2.23 bits per heavy atom. The van der Waals surface area contributed by atoms with Crippen LogP contribution in [0.1, 0.15) is 25.1 Å². The number of halogens is 1. The number of hydrogen-bond donors (Lipinski definition) is 1. The molecule has 0 aliphatic rings. The fourth-order valence-electron chi connectivity index (χ4n) is 1.14. The van der Waals surface area contributed by atoms with Crippen molar-refractivity contribution in [1.82, 2.24) is 10.2 Å². The monoisotopic (exact) mass is 246 g/mol. The molecule has 1 heterocycles. The van der Waals surface area contributed by atoms with E-state index in [0.717, 1.165) is 23.3 Å². The minimum absolute atomic E-state index is 0.178. The molecule has 0 atom stereocenters. The lowest BCUT2D eigenvalue weighted by Crippen LogP contribution is -2.07. The Hall–Kier alpha value is -0.510. The van der Waals surface area contributed by atoms with Crippen LogP contribution in [0.15, 0.2) is 0 Å². The van der Waals surface area contributed by atoms with Crippen LogP contribution in [-0.4, -0.2) is 21.6 Å². The van der Waals surface area contributed by atoms with Gasteiger partial charge in [-0.2, -0.15) is 0 Å². The molecule has 1 aromatic rings. The largest absolute Gasteiger partial charge is 0.474 e. The highest BCUT2D eigenvalue weighted by atomic mass is 79.9. The van der Waals surface area contributed by atoms with Crippen molar-refractivity contribution >= 4 is 15.9 Å². The zero-order valence-corrected chi connectivity index (χ0v) is 9.81. The average Bonchev–Trinajstić information content (AvgIpc) is 2.35. The van der Waals surface area contributed by atoms with Crippen molar-refractivity contribution in [3.63, 3.8) is 0 Å². The molecule has 0 aliphatic heterocycles. The standard InChI is InChI=1S/C9H15BrN2O/c1-6(2)13-9-8(4-5-10)7(3)11-12-9/h6H,4-5H2,1-3H3,(H,11,12). The van der Waals surface area contributed by atoms with E-state index in [9.17, 15) is 0 Å². The van der Waals surface area contributed by atoms with E-state index in [1.807, 2.05) is 20.8 Å². The molecule has 0 saturated heterocycles. The van der Waals surface area contributed by atoms with E-state index in [4.69, 9.17) is 4.74 Å². The number of aryl methyl sites for hydroxylation is 1.